The molecule has 182 valence electrons. The molecule has 2 fully saturated rings. The number of benzene rings is 1. The Morgan fingerprint density at radius 3 is 2.26 bits per heavy atom. The summed E-state index contributed by atoms with van der Waals surface area (Å²) in [6.45, 7) is 0. The number of amides is 1. The number of anilines is 2. The van der Waals surface area contributed by atoms with E-state index in [2.05, 4.69) is 0 Å². The largest absolute Gasteiger partial charge is 0.505 e. The van der Waals surface area contributed by atoms with Crippen molar-refractivity contribution in [1.29, 1.82) is 0 Å². The van der Waals surface area contributed by atoms with Crippen LogP contribution in [0.1, 0.15) is 22.3 Å². The Hall–Kier alpha value is -3.31. The van der Waals surface area contributed by atoms with Crippen LogP contribution in [0.4, 0.5) is 11.4 Å². The van der Waals surface area contributed by atoms with E-state index >= 15 is 0 Å². The van der Waals surface area contributed by atoms with Gasteiger partial charge in [0.1, 0.15) is 5.75 Å². The number of nitrogens with zero attached hydrogens (tertiary/aromatic N) is 2. The molecule has 0 bridgehead atoms. The maximum Gasteiger partial charge on any atom is 0.235 e. The van der Waals surface area contributed by atoms with Crippen molar-refractivity contribution in [2.75, 3.05) is 38.8 Å². The lowest BCUT2D eigenvalue weighted by atomic mass is 9.52. The van der Waals surface area contributed by atoms with Gasteiger partial charge in [-0.1, -0.05) is 0 Å². The number of Topliss-reactive ketones (excluding diaryl/α,β-unsaturated/α-hetero) is 4. The molecule has 1 aromatic rings. The minimum Gasteiger partial charge on any atom is -0.505 e. The highest BCUT2D eigenvalue weighted by molar-refractivity contribution is 6.32. The zero-order chi connectivity index (χ0) is 25.4. The van der Waals surface area contributed by atoms with Crippen LogP contribution in [-0.2, 0) is 25.6 Å². The first-order valence-electron chi connectivity index (χ1n) is 10.9. The first-order chi connectivity index (χ1) is 15.7. The zero-order valence-corrected chi connectivity index (χ0v) is 19.4. The van der Waals surface area contributed by atoms with Gasteiger partial charge in [-0.2, -0.15) is 0 Å². The molecule has 0 heterocycles. The number of carbonyl (C=O) groups is 5. The van der Waals surface area contributed by atoms with E-state index in [1.807, 2.05) is 0 Å². The van der Waals surface area contributed by atoms with Crippen molar-refractivity contribution in [3.8, 4) is 5.75 Å². The quantitative estimate of drug-likeness (QED) is 0.230. The van der Waals surface area contributed by atoms with Gasteiger partial charge in [-0.3, -0.25) is 28.9 Å². The van der Waals surface area contributed by atoms with Crippen molar-refractivity contribution in [1.82, 2.24) is 4.90 Å². The average Bonchev–Trinajstić information content (AvgIpc) is 2.72. The minimum atomic E-state index is -2.74. The van der Waals surface area contributed by atoms with Crippen LogP contribution in [0.15, 0.2) is 6.07 Å². The summed E-state index contributed by atoms with van der Waals surface area (Å²) >= 11 is 0. The number of phenols is 1. The van der Waals surface area contributed by atoms with E-state index in [9.17, 15) is 34.2 Å². The third-order valence-electron chi connectivity index (χ3n) is 7.55. The summed E-state index contributed by atoms with van der Waals surface area (Å²) in [5.41, 5.74) is 9.41. The lowest BCUT2D eigenvalue weighted by molar-refractivity contribution is -0.181. The van der Waals surface area contributed by atoms with Crippen LogP contribution >= 0.6 is 0 Å². The zero-order valence-electron chi connectivity index (χ0n) is 19.4. The molecule has 11 nitrogen and oxygen atoms in total. The van der Waals surface area contributed by atoms with Crippen molar-refractivity contribution in [2.45, 2.75) is 24.5 Å². The average molecular weight is 472 g/mol. The summed E-state index contributed by atoms with van der Waals surface area (Å²) in [5.74, 6) is -10.8. The van der Waals surface area contributed by atoms with Crippen LogP contribution in [0.3, 0.4) is 0 Å². The number of fused-ring (bicyclic) bond motifs is 3. The predicted molar refractivity (Wildman–Crippen MR) is 120 cm³/mol. The maximum absolute atomic E-state index is 13.7. The molecule has 0 saturated heterocycles. The van der Waals surface area contributed by atoms with Gasteiger partial charge in [0, 0.05) is 25.7 Å². The molecule has 6 N–H and O–H groups in total. The number of ketones is 4. The molecule has 0 aliphatic heterocycles. The number of nitrogens with two attached hydrogens (primary N) is 2. The summed E-state index contributed by atoms with van der Waals surface area (Å²) in [5, 5.41) is 22.1. The number of hydrogen-bond acceptors (Lipinski definition) is 10. The first kappa shape index (κ1) is 23.8. The van der Waals surface area contributed by atoms with E-state index in [1.54, 1.807) is 33.1 Å². The Morgan fingerprint density at radius 1 is 1.12 bits per heavy atom. The van der Waals surface area contributed by atoms with Crippen LogP contribution in [0.2, 0.25) is 0 Å². The number of rotatable bonds is 3. The number of phenolic OH excluding ortho intramolecular Hbond substituents is 1. The highest BCUT2D eigenvalue weighted by Crippen LogP contribution is 2.52. The van der Waals surface area contributed by atoms with E-state index in [-0.39, 0.29) is 24.1 Å². The van der Waals surface area contributed by atoms with Crippen LogP contribution in [0.5, 0.6) is 5.75 Å². The smallest absolute Gasteiger partial charge is 0.235 e. The molecule has 4 rings (SSSR count). The van der Waals surface area contributed by atoms with Gasteiger partial charge < -0.3 is 26.6 Å². The normalized spacial score (nSPS) is 32.8. The number of primary amides is 1. The second-order valence-electron chi connectivity index (χ2n) is 9.87. The third kappa shape index (κ3) is 2.93. The van der Waals surface area contributed by atoms with E-state index in [0.717, 1.165) is 0 Å². The number of nitrogen functional groups attached to an aromatic ring is 1. The summed E-state index contributed by atoms with van der Waals surface area (Å²) in [7, 11) is 6.58. The lowest BCUT2D eigenvalue weighted by Gasteiger charge is -2.52. The first-order valence-corrected chi connectivity index (χ1v) is 10.9. The van der Waals surface area contributed by atoms with Crippen LogP contribution in [0, 0.1) is 23.7 Å². The maximum atomic E-state index is 13.7. The van der Waals surface area contributed by atoms with Crippen molar-refractivity contribution in [2.24, 2.45) is 29.4 Å². The Labute approximate surface area is 195 Å². The Balaban J connectivity index is 1.91. The molecule has 34 heavy (non-hydrogen) atoms. The number of aliphatic hydroxyl groups is 1. The predicted octanol–water partition coefficient (Wildman–Crippen LogP) is -1.48. The highest BCUT2D eigenvalue weighted by Gasteiger charge is 2.69. The fourth-order valence-corrected chi connectivity index (χ4v) is 6.07. The Kier molecular flexibility index (Phi) is 5.33. The van der Waals surface area contributed by atoms with Crippen molar-refractivity contribution < 1.29 is 34.2 Å². The number of likely N-dealkylation sites (N-methyl/N-ethyl adjacent to an activating group) is 1. The number of aromatic hydroxyl groups is 1. The highest BCUT2D eigenvalue weighted by atomic mass is 16.3. The van der Waals surface area contributed by atoms with Crippen LogP contribution in [-0.4, -0.2) is 84.0 Å². The molecule has 0 spiro atoms. The van der Waals surface area contributed by atoms with E-state index in [1.165, 1.54) is 11.0 Å². The van der Waals surface area contributed by atoms with Crippen molar-refractivity contribution >= 4 is 40.4 Å². The summed E-state index contributed by atoms with van der Waals surface area (Å²) in [4.78, 5) is 68.7. The molecule has 6 unspecified atom stereocenters. The fraction of sp³-hybridized carbons (Fsp3) is 0.522. The lowest BCUT2D eigenvalue weighted by Crippen LogP contribution is -2.74. The van der Waals surface area contributed by atoms with Gasteiger partial charge in [0.2, 0.25) is 5.91 Å². The van der Waals surface area contributed by atoms with Gasteiger partial charge in [0.05, 0.1) is 23.2 Å². The van der Waals surface area contributed by atoms with Gasteiger partial charge in [-0.15, -0.1) is 0 Å². The van der Waals surface area contributed by atoms with Gasteiger partial charge in [-0.05, 0) is 44.5 Å². The summed E-state index contributed by atoms with van der Waals surface area (Å²) in [6.07, 6.45) is 0.190. The molecule has 1 aromatic carbocycles. The topological polar surface area (TPSA) is 184 Å². The molecular weight excluding hydrogens is 444 g/mol. The summed E-state index contributed by atoms with van der Waals surface area (Å²) < 4.78 is 0. The molecule has 1 amide bonds. The van der Waals surface area contributed by atoms with Gasteiger partial charge in [-0.25, -0.2) is 0 Å². The van der Waals surface area contributed by atoms with Crippen LogP contribution in [0.25, 0.3) is 0 Å². The number of carbonyl (C=O) groups excluding carboxylic acids is 5. The molecule has 0 aromatic heterocycles. The monoisotopic (exact) mass is 472 g/mol. The molecule has 6 atom stereocenters. The van der Waals surface area contributed by atoms with Gasteiger partial charge in [0.15, 0.2) is 34.7 Å². The van der Waals surface area contributed by atoms with Crippen molar-refractivity contribution in [3.63, 3.8) is 0 Å². The molecule has 2 saturated carbocycles. The van der Waals surface area contributed by atoms with Crippen molar-refractivity contribution in [3.05, 3.63) is 17.2 Å². The van der Waals surface area contributed by atoms with Gasteiger partial charge >= 0.3 is 0 Å². The van der Waals surface area contributed by atoms with E-state index in [0.29, 0.717) is 11.3 Å². The van der Waals surface area contributed by atoms with Crippen LogP contribution < -0.4 is 16.4 Å². The molecule has 3 aliphatic rings. The SMILES string of the molecule is CN(C)c1cc(N)c(O)c2c1CC1CC3C(N(C)C)C(=O)C(C(N)=O)C(=O)C3(O)C(=O)C1C2=O. The Bertz CT molecular complexity index is 1160. The van der Waals surface area contributed by atoms with E-state index in [4.69, 9.17) is 11.5 Å². The van der Waals surface area contributed by atoms with Gasteiger partial charge in [0.25, 0.3) is 0 Å². The number of hydrogen-bond donors (Lipinski definition) is 4. The summed E-state index contributed by atoms with van der Waals surface area (Å²) in [6, 6.07) is 0.408. The second-order valence-corrected chi connectivity index (χ2v) is 9.87. The molecule has 11 heteroatoms. The molecular formula is C23H28N4O7. The minimum absolute atomic E-state index is 0.00189. The standard InChI is InChI=1S/C23H28N4O7/c1-26(2)12-7-11(24)17(28)14-9(12)5-8-6-10-16(27(3)4)19(30)15(22(25)33)21(32)23(10,34)20(31)13(8)18(14)29/h7-8,10,13,15-16,28,34H,5-6,24H2,1-4H3,(H2,25,33). The Morgan fingerprint density at radius 2 is 1.74 bits per heavy atom. The fourth-order valence-electron chi connectivity index (χ4n) is 6.07. The third-order valence-corrected chi connectivity index (χ3v) is 7.55. The van der Waals surface area contributed by atoms with E-state index < -0.39 is 70.1 Å². The molecule has 0 radical (unpaired) electrons. The second kappa shape index (κ2) is 7.60. The molecule has 3 aliphatic carbocycles.